The summed E-state index contributed by atoms with van der Waals surface area (Å²) in [5, 5.41) is 24.0. The van der Waals surface area contributed by atoms with E-state index in [0.29, 0.717) is 5.75 Å². The Morgan fingerprint density at radius 3 is 1.69 bits per heavy atom. The molecule has 1 aromatic rings. The van der Waals surface area contributed by atoms with E-state index in [-0.39, 0.29) is 0 Å². The van der Waals surface area contributed by atoms with Crippen molar-refractivity contribution in [3.8, 4) is 5.75 Å². The lowest BCUT2D eigenvalue weighted by Gasteiger charge is -1.96. The fourth-order valence-corrected chi connectivity index (χ4v) is 0.520. The summed E-state index contributed by atoms with van der Waals surface area (Å²) in [5.41, 5.74) is 1.19. The molecule has 0 spiro atoms. The number of benzene rings is 1. The molecule has 8 heteroatoms. The monoisotopic (exact) mass is 231 g/mol. The predicted molar refractivity (Wildman–Crippen MR) is 49.5 cm³/mol. The van der Waals surface area contributed by atoms with E-state index in [4.69, 9.17) is 15.3 Å². The first-order valence-electron chi connectivity index (χ1n) is 3.81. The Kier molecular flexibility index (Phi) is 6.66. The molecular weight excluding hydrogens is 222 g/mol. The maximum absolute atomic E-state index is 9.42. The van der Waals surface area contributed by atoms with Gasteiger partial charge in [0.15, 0.2) is 0 Å². The summed E-state index contributed by atoms with van der Waals surface area (Å²) in [7, 11) is 0. The molecule has 0 saturated carbocycles. The fraction of sp³-hybridized carbons (Fsp3) is 0. The van der Waals surface area contributed by atoms with Gasteiger partial charge >= 0.3 is 12.3 Å². The van der Waals surface area contributed by atoms with Crippen molar-refractivity contribution in [1.29, 1.82) is 0 Å². The molecule has 0 heterocycles. The molecule has 8 nitrogen and oxygen atoms in total. The molecule has 0 aliphatic rings. The molecule has 0 radical (unpaired) electrons. The van der Waals surface area contributed by atoms with Gasteiger partial charge in [0.25, 0.3) is 0 Å². The van der Waals surface area contributed by atoms with Crippen molar-refractivity contribution in [1.82, 2.24) is 5.64 Å². The second kappa shape index (κ2) is 7.88. The van der Waals surface area contributed by atoms with E-state index < -0.39 is 12.3 Å². The standard InChI is InChI=1S/C6H6O.C2H3NO6/c7-6-4-2-1-3-5-6;4-1(5)8-3-9-2(6)7/h1-5,7H;3H,(H,4,5)(H,6,7). The summed E-state index contributed by atoms with van der Waals surface area (Å²) in [6, 6.07) is 8.71. The van der Waals surface area contributed by atoms with Gasteiger partial charge in [0.2, 0.25) is 0 Å². The van der Waals surface area contributed by atoms with E-state index >= 15 is 0 Å². The summed E-state index contributed by atoms with van der Waals surface area (Å²) in [5.74, 6) is 0.322. The van der Waals surface area contributed by atoms with Crippen LogP contribution in [0.15, 0.2) is 30.3 Å². The van der Waals surface area contributed by atoms with Crippen molar-refractivity contribution in [2.75, 3.05) is 0 Å². The number of aromatic hydroxyl groups is 1. The largest absolute Gasteiger partial charge is 0.527 e. The minimum Gasteiger partial charge on any atom is -0.508 e. The average molecular weight is 231 g/mol. The number of phenols is 1. The van der Waals surface area contributed by atoms with Gasteiger partial charge in [0.1, 0.15) is 5.75 Å². The van der Waals surface area contributed by atoms with E-state index in [1.165, 1.54) is 5.64 Å². The van der Waals surface area contributed by atoms with Crippen molar-refractivity contribution in [2.24, 2.45) is 0 Å². The van der Waals surface area contributed by atoms with Gasteiger partial charge in [-0.25, -0.2) is 9.59 Å². The zero-order valence-corrected chi connectivity index (χ0v) is 7.86. The van der Waals surface area contributed by atoms with Crippen LogP contribution in [-0.4, -0.2) is 27.6 Å². The van der Waals surface area contributed by atoms with Crippen molar-refractivity contribution >= 4 is 12.3 Å². The Morgan fingerprint density at radius 1 is 1.00 bits per heavy atom. The molecular formula is C8H9NO7. The number of hydrogen-bond acceptors (Lipinski definition) is 6. The number of carboxylic acid groups (broad SMARTS) is 2. The lowest BCUT2D eigenvalue weighted by molar-refractivity contribution is -0.113. The minimum atomic E-state index is -1.68. The van der Waals surface area contributed by atoms with Crippen LogP contribution in [0.25, 0.3) is 0 Å². The van der Waals surface area contributed by atoms with Crippen LogP contribution < -0.4 is 5.64 Å². The number of rotatable bonds is 2. The van der Waals surface area contributed by atoms with Gasteiger partial charge in [0, 0.05) is 5.64 Å². The first kappa shape index (κ1) is 13.5. The zero-order valence-electron chi connectivity index (χ0n) is 7.86. The van der Waals surface area contributed by atoms with Crippen LogP contribution in [0.2, 0.25) is 0 Å². The van der Waals surface area contributed by atoms with Crippen LogP contribution in [0.3, 0.4) is 0 Å². The highest BCUT2D eigenvalue weighted by atomic mass is 17.0. The molecule has 1 aromatic carbocycles. The van der Waals surface area contributed by atoms with Gasteiger partial charge in [-0.3, -0.25) is 0 Å². The normalized spacial score (nSPS) is 8.25. The van der Waals surface area contributed by atoms with Crippen LogP contribution in [0.5, 0.6) is 5.75 Å². The van der Waals surface area contributed by atoms with Crippen LogP contribution in [0.4, 0.5) is 9.59 Å². The van der Waals surface area contributed by atoms with Gasteiger partial charge in [-0.15, -0.1) is 0 Å². The highest BCUT2D eigenvalue weighted by molar-refractivity contribution is 5.57. The molecule has 0 unspecified atom stereocenters. The second-order valence-corrected chi connectivity index (χ2v) is 2.15. The Balaban J connectivity index is 0.000000288. The molecule has 0 aliphatic carbocycles. The van der Waals surface area contributed by atoms with Gasteiger partial charge in [-0.1, -0.05) is 18.2 Å². The van der Waals surface area contributed by atoms with Gasteiger partial charge in [-0.2, -0.15) is 0 Å². The smallest absolute Gasteiger partial charge is 0.508 e. The van der Waals surface area contributed by atoms with E-state index in [2.05, 4.69) is 9.68 Å². The zero-order chi connectivity index (χ0) is 12.4. The third-order valence-electron chi connectivity index (χ3n) is 1.01. The molecule has 16 heavy (non-hydrogen) atoms. The van der Waals surface area contributed by atoms with Crippen LogP contribution >= 0.6 is 0 Å². The third-order valence-corrected chi connectivity index (χ3v) is 1.01. The maximum Gasteiger partial charge on any atom is 0.527 e. The third kappa shape index (κ3) is 9.61. The van der Waals surface area contributed by atoms with Gasteiger partial charge < -0.3 is 25.0 Å². The fourth-order valence-electron chi connectivity index (χ4n) is 0.520. The summed E-state index contributed by atoms with van der Waals surface area (Å²) >= 11 is 0. The number of hydrogen-bond donors (Lipinski definition) is 4. The Morgan fingerprint density at radius 2 is 1.44 bits per heavy atom. The molecule has 4 N–H and O–H groups in total. The highest BCUT2D eigenvalue weighted by Crippen LogP contribution is 2.02. The number of carbonyl (C=O) groups is 2. The molecule has 0 aliphatic heterocycles. The minimum absolute atomic E-state index is 0.322. The SMILES string of the molecule is O=C(O)ONOC(=O)O.Oc1ccccc1. The lowest BCUT2D eigenvalue weighted by atomic mass is 10.3. The second-order valence-electron chi connectivity index (χ2n) is 2.15. The van der Waals surface area contributed by atoms with E-state index in [1.54, 1.807) is 24.3 Å². The quantitative estimate of drug-likeness (QED) is 0.559. The number of nitrogens with one attached hydrogen (secondary N) is 1. The summed E-state index contributed by atoms with van der Waals surface area (Å²) in [4.78, 5) is 25.7. The molecule has 0 saturated heterocycles. The van der Waals surface area contributed by atoms with Crippen LogP contribution in [-0.2, 0) is 9.68 Å². The van der Waals surface area contributed by atoms with Crippen molar-refractivity contribution < 1.29 is 34.6 Å². The van der Waals surface area contributed by atoms with E-state index in [0.717, 1.165) is 0 Å². The number of para-hydroxylation sites is 1. The molecule has 0 bridgehead atoms. The summed E-state index contributed by atoms with van der Waals surface area (Å²) in [6.45, 7) is 0. The van der Waals surface area contributed by atoms with Crippen LogP contribution in [0.1, 0.15) is 0 Å². The molecule has 1 rings (SSSR count). The molecule has 0 atom stereocenters. The van der Waals surface area contributed by atoms with Crippen molar-refractivity contribution in [3.05, 3.63) is 30.3 Å². The van der Waals surface area contributed by atoms with E-state index in [9.17, 15) is 9.59 Å². The highest BCUT2D eigenvalue weighted by Gasteiger charge is 1.98. The van der Waals surface area contributed by atoms with Gasteiger partial charge in [-0.05, 0) is 12.1 Å². The van der Waals surface area contributed by atoms with Crippen LogP contribution in [0, 0.1) is 0 Å². The summed E-state index contributed by atoms with van der Waals surface area (Å²) < 4.78 is 0. The Labute approximate surface area is 89.6 Å². The van der Waals surface area contributed by atoms with Crippen molar-refractivity contribution in [3.63, 3.8) is 0 Å². The lowest BCUT2D eigenvalue weighted by Crippen LogP contribution is -2.21. The Bertz CT molecular complexity index is 312. The van der Waals surface area contributed by atoms with E-state index in [1.807, 2.05) is 6.07 Å². The van der Waals surface area contributed by atoms with Gasteiger partial charge in [0.05, 0.1) is 0 Å². The Hall–Kier alpha value is -2.48. The predicted octanol–water partition coefficient (Wildman–Crippen LogP) is 1.19. The number of phenolic OH excluding ortho intramolecular Hbond substituents is 1. The van der Waals surface area contributed by atoms with Crippen molar-refractivity contribution in [2.45, 2.75) is 0 Å². The topological polar surface area (TPSA) is 125 Å². The molecule has 88 valence electrons. The average Bonchev–Trinajstić information content (AvgIpc) is 2.18. The first-order valence-corrected chi connectivity index (χ1v) is 3.81. The maximum atomic E-state index is 9.42. The first-order chi connectivity index (χ1) is 7.52. The summed E-state index contributed by atoms with van der Waals surface area (Å²) in [6.07, 6.45) is -3.37. The molecule has 0 amide bonds. The molecule has 0 fully saturated rings. The molecule has 0 aromatic heterocycles.